The largest absolute Gasteiger partial charge is 0.348 e. The first kappa shape index (κ1) is 10.7. The number of hydrogen-bond donors (Lipinski definition) is 1. The van der Waals surface area contributed by atoms with E-state index in [0.717, 1.165) is 11.3 Å². The molecule has 0 fully saturated rings. The summed E-state index contributed by atoms with van der Waals surface area (Å²) >= 11 is 0. The number of carbonyl (C=O) groups is 1. The topological polar surface area (TPSA) is 54.4 Å². The van der Waals surface area contributed by atoms with Gasteiger partial charge in [-0.3, -0.25) is 4.98 Å². The number of nitrogens with one attached hydrogen (secondary N) is 1. The van der Waals surface area contributed by atoms with Crippen LogP contribution >= 0.6 is 0 Å². The maximum absolute atomic E-state index is 10.1. The maximum atomic E-state index is 10.1. The summed E-state index contributed by atoms with van der Waals surface area (Å²) in [6.07, 6.45) is 2.53. The fraction of sp³-hybridized carbons (Fsp3) is 0. The monoisotopic (exact) mass is 238 g/mol. The van der Waals surface area contributed by atoms with Gasteiger partial charge < -0.3 is 10.1 Å². The average molecular weight is 238 g/mol. The smallest absolute Gasteiger partial charge is 0.326 e. The molecule has 0 atom stereocenters. The van der Waals surface area contributed by atoms with Gasteiger partial charge in [0.15, 0.2) is 0 Å². The van der Waals surface area contributed by atoms with Crippen LogP contribution in [-0.4, -0.2) is 24.8 Å². The molecule has 88 valence electrons. The van der Waals surface area contributed by atoms with E-state index in [0.29, 0.717) is 11.7 Å². The van der Waals surface area contributed by atoms with Gasteiger partial charge >= 0.3 is 7.41 Å². The van der Waals surface area contributed by atoms with E-state index in [2.05, 4.69) is 15.4 Å². The maximum Gasteiger partial charge on any atom is 0.326 e. The third-order valence-electron chi connectivity index (χ3n) is 2.28. The van der Waals surface area contributed by atoms with Crippen molar-refractivity contribution in [3.63, 3.8) is 0 Å². The second-order valence-electron chi connectivity index (χ2n) is 3.54. The van der Waals surface area contributed by atoms with Crippen LogP contribution in [0.3, 0.4) is 0 Å². The zero-order valence-corrected chi connectivity index (χ0v) is 9.71. The summed E-state index contributed by atoms with van der Waals surface area (Å²) in [6, 6.07) is 13.1. The Morgan fingerprint density at radius 1 is 1.28 bits per heavy atom. The van der Waals surface area contributed by atoms with E-state index in [1.54, 1.807) is 18.3 Å². The number of hydrazone groups is 1. The van der Waals surface area contributed by atoms with Gasteiger partial charge in [-0.2, -0.15) is 0 Å². The van der Waals surface area contributed by atoms with Crippen molar-refractivity contribution >= 4 is 19.8 Å². The summed E-state index contributed by atoms with van der Waals surface area (Å²) in [5.74, 6) is 0. The number of benzene rings is 1. The number of carbonyl (C=O) groups excluding carboxylic acids is 1. The van der Waals surface area contributed by atoms with E-state index in [-0.39, 0.29) is 13.6 Å². The number of hydrogen-bond acceptors (Lipinski definition) is 4. The highest BCUT2D eigenvalue weighted by molar-refractivity contribution is 6.64. The molecule has 0 spiro atoms. The third-order valence-corrected chi connectivity index (χ3v) is 2.28. The zero-order valence-electron chi connectivity index (χ0n) is 10.7. The predicted octanol–water partition coefficient (Wildman–Crippen LogP) is 1.21. The first-order valence-electron chi connectivity index (χ1n) is 6.04. The standard InChI is InChI=1S/C13H12BN3O/c18-10-14-17-16-9-11-4-6-12(7-5-11)13-3-1-2-8-15-13/h1-10,14,17H/b16-9+/i9D. The fourth-order valence-corrected chi connectivity index (χ4v) is 1.44. The minimum absolute atomic E-state index is 0.0921. The molecule has 0 saturated heterocycles. The molecule has 18 heavy (non-hydrogen) atoms. The van der Waals surface area contributed by atoms with Gasteiger partial charge in [-0.05, 0) is 17.7 Å². The van der Waals surface area contributed by atoms with Crippen LogP contribution in [0.4, 0.5) is 0 Å². The lowest BCUT2D eigenvalue weighted by atomic mass is 10.0. The lowest BCUT2D eigenvalue weighted by molar-refractivity contribution is 0.568. The third kappa shape index (κ3) is 3.28. The second kappa shape index (κ2) is 6.34. The summed E-state index contributed by atoms with van der Waals surface area (Å²) in [7, 11) is 0.106. The molecule has 1 N–H and O–H groups in total. The molecule has 4 nitrogen and oxygen atoms in total. The van der Waals surface area contributed by atoms with Crippen molar-refractivity contribution in [2.75, 3.05) is 0 Å². The van der Waals surface area contributed by atoms with Crippen molar-refractivity contribution < 1.29 is 6.17 Å². The molecular weight excluding hydrogens is 225 g/mol. The van der Waals surface area contributed by atoms with Crippen molar-refractivity contribution in [2.45, 2.75) is 0 Å². The molecule has 0 saturated carbocycles. The van der Waals surface area contributed by atoms with Crippen molar-refractivity contribution in [1.82, 2.24) is 10.3 Å². The van der Waals surface area contributed by atoms with Crippen molar-refractivity contribution in [3.8, 4) is 11.3 Å². The van der Waals surface area contributed by atoms with Crippen LogP contribution in [0.1, 0.15) is 6.93 Å². The first-order valence-corrected chi connectivity index (χ1v) is 5.54. The first-order chi connectivity index (χ1) is 9.31. The normalized spacial score (nSPS) is 11.6. The summed E-state index contributed by atoms with van der Waals surface area (Å²) in [5, 5.41) is 6.27. The molecule has 0 aliphatic rings. The Kier molecular flexibility index (Phi) is 3.78. The SMILES string of the molecule is [2H]/C(=N\NBC=O)c1ccc(-c2ccccn2)cc1. The Morgan fingerprint density at radius 2 is 2.11 bits per heavy atom. The number of rotatable bonds is 5. The molecule has 2 aromatic rings. The van der Waals surface area contributed by atoms with Gasteiger partial charge in [0.2, 0.25) is 0 Å². The van der Waals surface area contributed by atoms with E-state index in [4.69, 9.17) is 1.37 Å². The van der Waals surface area contributed by atoms with Gasteiger partial charge in [-0.1, -0.05) is 30.3 Å². The molecule has 1 aromatic heterocycles. The van der Waals surface area contributed by atoms with Gasteiger partial charge in [0.05, 0.1) is 13.3 Å². The van der Waals surface area contributed by atoms with Crippen LogP contribution in [0.25, 0.3) is 11.3 Å². The van der Waals surface area contributed by atoms with Crippen LogP contribution in [0.2, 0.25) is 0 Å². The molecule has 2 rings (SSSR count). The van der Waals surface area contributed by atoms with Gasteiger partial charge in [0, 0.05) is 11.8 Å². The fourth-order valence-electron chi connectivity index (χ4n) is 1.44. The number of nitrogens with zero attached hydrogens (tertiary/aromatic N) is 2. The summed E-state index contributed by atoms with van der Waals surface area (Å²) in [6.45, 7) is 0. The van der Waals surface area contributed by atoms with Crippen molar-refractivity contribution in [1.29, 1.82) is 0 Å². The van der Waals surface area contributed by atoms with Gasteiger partial charge in [0.1, 0.15) is 6.19 Å². The predicted molar refractivity (Wildman–Crippen MR) is 74.3 cm³/mol. The Balaban J connectivity index is 2.14. The Hall–Kier alpha value is -2.43. The molecule has 0 radical (unpaired) electrons. The van der Waals surface area contributed by atoms with Crippen LogP contribution in [-0.2, 0) is 4.79 Å². The zero-order chi connectivity index (χ0) is 13.5. The number of aromatic nitrogens is 1. The van der Waals surface area contributed by atoms with Gasteiger partial charge in [-0.15, -0.1) is 0 Å². The molecular formula is C13H12BN3O. The Labute approximate surface area is 107 Å². The summed E-state index contributed by atoms with van der Waals surface area (Å²) < 4.78 is 7.72. The van der Waals surface area contributed by atoms with Gasteiger partial charge in [0.25, 0.3) is 0 Å². The quantitative estimate of drug-likeness (QED) is 0.280. The minimum atomic E-state index is 0.0921. The van der Waals surface area contributed by atoms with Crippen molar-refractivity contribution in [3.05, 3.63) is 54.2 Å². The highest BCUT2D eigenvalue weighted by Crippen LogP contribution is 2.15. The van der Waals surface area contributed by atoms with Crippen molar-refractivity contribution in [2.24, 2.45) is 5.10 Å². The van der Waals surface area contributed by atoms with Crippen LogP contribution < -0.4 is 5.34 Å². The summed E-state index contributed by atoms with van der Waals surface area (Å²) in [4.78, 5) is 14.4. The van der Waals surface area contributed by atoms with Gasteiger partial charge in [-0.25, -0.2) is 5.10 Å². The van der Waals surface area contributed by atoms with E-state index >= 15 is 0 Å². The highest BCUT2D eigenvalue weighted by atomic mass is 16.1. The van der Waals surface area contributed by atoms with E-state index in [1.165, 1.54) is 0 Å². The Bertz CT molecular complexity index is 572. The van der Waals surface area contributed by atoms with Crippen LogP contribution in [0, 0.1) is 0 Å². The van der Waals surface area contributed by atoms with E-state index < -0.39 is 0 Å². The second-order valence-corrected chi connectivity index (χ2v) is 3.54. The lowest BCUT2D eigenvalue weighted by Crippen LogP contribution is -2.13. The molecule has 1 aromatic carbocycles. The molecule has 0 aliphatic carbocycles. The molecule has 5 heteroatoms. The lowest BCUT2D eigenvalue weighted by Gasteiger charge is -2.00. The molecule has 0 aliphatic heterocycles. The minimum Gasteiger partial charge on any atom is -0.348 e. The molecule has 0 amide bonds. The average Bonchev–Trinajstić information content (AvgIpc) is 2.48. The van der Waals surface area contributed by atoms with E-state index in [9.17, 15) is 4.79 Å². The highest BCUT2D eigenvalue weighted by Gasteiger charge is 1.97. The van der Waals surface area contributed by atoms with Crippen LogP contribution in [0.5, 0.6) is 0 Å². The molecule has 1 heterocycles. The molecule has 0 unspecified atom stereocenters. The van der Waals surface area contributed by atoms with Crippen LogP contribution in [0.15, 0.2) is 53.8 Å². The summed E-state index contributed by atoms with van der Waals surface area (Å²) in [5.41, 5.74) is 2.55. The van der Waals surface area contributed by atoms with E-state index in [1.807, 2.05) is 30.3 Å². The molecule has 0 bridgehead atoms. The number of pyridine rings is 1. The Morgan fingerprint density at radius 3 is 2.78 bits per heavy atom.